The Morgan fingerprint density at radius 2 is 2.11 bits per heavy atom. The molecule has 104 valence electrons. The Bertz CT molecular complexity index is 422. The van der Waals surface area contributed by atoms with Gasteiger partial charge in [-0.25, -0.2) is 0 Å². The third kappa shape index (κ3) is 3.47. The lowest BCUT2D eigenvalue weighted by atomic mass is 9.85. The Labute approximate surface area is 114 Å². The van der Waals surface area contributed by atoms with Gasteiger partial charge in [0.1, 0.15) is 11.3 Å². The van der Waals surface area contributed by atoms with Crippen LogP contribution in [0.15, 0.2) is 24.3 Å². The maximum Gasteiger partial charge on any atom is 0.237 e. The van der Waals surface area contributed by atoms with E-state index in [4.69, 9.17) is 10.5 Å². The number of primary amides is 1. The quantitative estimate of drug-likeness (QED) is 0.850. The van der Waals surface area contributed by atoms with Crippen LogP contribution in [-0.2, 0) is 4.79 Å². The molecule has 1 heterocycles. The monoisotopic (exact) mass is 262 g/mol. The van der Waals surface area contributed by atoms with E-state index in [-0.39, 0.29) is 5.91 Å². The summed E-state index contributed by atoms with van der Waals surface area (Å²) < 4.78 is 5.69. The largest absolute Gasteiger partial charge is 0.494 e. The fraction of sp³-hybridized carbons (Fsp3) is 0.533. The molecule has 0 radical (unpaired) electrons. The van der Waals surface area contributed by atoms with E-state index in [0.717, 1.165) is 31.6 Å². The van der Waals surface area contributed by atoms with Crippen molar-refractivity contribution in [1.29, 1.82) is 0 Å². The summed E-state index contributed by atoms with van der Waals surface area (Å²) in [6.07, 6.45) is 3.57. The lowest BCUT2D eigenvalue weighted by Gasteiger charge is -2.35. The molecule has 1 aliphatic rings. The van der Waals surface area contributed by atoms with E-state index in [2.05, 4.69) is 5.32 Å². The van der Waals surface area contributed by atoms with Crippen molar-refractivity contribution in [2.45, 2.75) is 38.1 Å². The number of aryl methyl sites for hydroxylation is 1. The molecule has 0 aliphatic carbocycles. The van der Waals surface area contributed by atoms with Gasteiger partial charge in [-0.1, -0.05) is 17.7 Å². The van der Waals surface area contributed by atoms with Crippen molar-refractivity contribution in [3.63, 3.8) is 0 Å². The standard InChI is InChI=1S/C15H22N2O2/c1-12-4-6-13(7-5-12)19-11-9-15(14(16)18)8-2-3-10-17-15/h4-7,17H,2-3,8-11H2,1H3,(H2,16,18). The summed E-state index contributed by atoms with van der Waals surface area (Å²) in [6, 6.07) is 7.91. The fourth-order valence-corrected chi connectivity index (χ4v) is 2.49. The van der Waals surface area contributed by atoms with Crippen molar-refractivity contribution >= 4 is 5.91 Å². The van der Waals surface area contributed by atoms with Gasteiger partial charge in [-0.2, -0.15) is 0 Å². The van der Waals surface area contributed by atoms with Crippen LogP contribution < -0.4 is 15.8 Å². The third-order valence-electron chi connectivity index (χ3n) is 3.78. The molecule has 0 saturated carbocycles. The van der Waals surface area contributed by atoms with Crippen LogP contribution in [-0.4, -0.2) is 24.6 Å². The topological polar surface area (TPSA) is 64.3 Å². The first kappa shape index (κ1) is 13.9. The summed E-state index contributed by atoms with van der Waals surface area (Å²) in [5.74, 6) is 0.570. The Morgan fingerprint density at radius 3 is 2.68 bits per heavy atom. The van der Waals surface area contributed by atoms with Gasteiger partial charge in [0.05, 0.1) is 6.61 Å². The van der Waals surface area contributed by atoms with Gasteiger partial charge in [-0.05, 0) is 44.9 Å². The molecule has 0 aromatic heterocycles. The molecule has 4 heteroatoms. The van der Waals surface area contributed by atoms with E-state index in [1.165, 1.54) is 5.56 Å². The SMILES string of the molecule is Cc1ccc(OCCC2(C(N)=O)CCCCN2)cc1. The summed E-state index contributed by atoms with van der Waals surface area (Å²) >= 11 is 0. The van der Waals surface area contributed by atoms with Crippen molar-refractivity contribution in [1.82, 2.24) is 5.32 Å². The Hall–Kier alpha value is -1.55. The molecule has 3 N–H and O–H groups in total. The van der Waals surface area contributed by atoms with Crippen molar-refractivity contribution in [3.8, 4) is 5.75 Å². The number of carbonyl (C=O) groups is 1. The minimum Gasteiger partial charge on any atom is -0.494 e. The van der Waals surface area contributed by atoms with E-state index in [9.17, 15) is 4.79 Å². The van der Waals surface area contributed by atoms with Gasteiger partial charge in [-0.15, -0.1) is 0 Å². The first-order valence-electron chi connectivity index (χ1n) is 6.87. The Morgan fingerprint density at radius 1 is 1.37 bits per heavy atom. The highest BCUT2D eigenvalue weighted by atomic mass is 16.5. The molecule has 1 atom stereocenters. The zero-order chi connectivity index (χ0) is 13.7. The number of amides is 1. The molecule has 1 aromatic carbocycles. The van der Waals surface area contributed by atoms with E-state index in [0.29, 0.717) is 13.0 Å². The van der Waals surface area contributed by atoms with E-state index < -0.39 is 5.54 Å². The summed E-state index contributed by atoms with van der Waals surface area (Å²) in [6.45, 7) is 3.39. The fourth-order valence-electron chi connectivity index (χ4n) is 2.49. The van der Waals surface area contributed by atoms with Crippen LogP contribution in [0.4, 0.5) is 0 Å². The average Bonchev–Trinajstić information content (AvgIpc) is 2.42. The van der Waals surface area contributed by atoms with Crippen LogP contribution in [0.5, 0.6) is 5.75 Å². The molecule has 1 saturated heterocycles. The van der Waals surface area contributed by atoms with Crippen molar-refractivity contribution < 1.29 is 9.53 Å². The van der Waals surface area contributed by atoms with E-state index in [1.807, 2.05) is 31.2 Å². The number of rotatable bonds is 5. The zero-order valence-electron chi connectivity index (χ0n) is 11.4. The van der Waals surface area contributed by atoms with Gasteiger partial charge in [0, 0.05) is 6.42 Å². The number of carbonyl (C=O) groups excluding carboxylic acids is 1. The average molecular weight is 262 g/mol. The molecule has 4 nitrogen and oxygen atoms in total. The first-order valence-corrected chi connectivity index (χ1v) is 6.87. The zero-order valence-corrected chi connectivity index (χ0v) is 11.4. The highest BCUT2D eigenvalue weighted by molar-refractivity contribution is 5.84. The maximum absolute atomic E-state index is 11.7. The minimum atomic E-state index is -0.580. The maximum atomic E-state index is 11.7. The molecule has 19 heavy (non-hydrogen) atoms. The predicted octanol–water partition coefficient (Wildman–Crippen LogP) is 1.76. The van der Waals surface area contributed by atoms with Gasteiger partial charge in [0.2, 0.25) is 5.91 Å². The molecule has 0 spiro atoms. The van der Waals surface area contributed by atoms with Gasteiger partial charge >= 0.3 is 0 Å². The minimum absolute atomic E-state index is 0.264. The van der Waals surface area contributed by atoms with Crippen LogP contribution in [0.25, 0.3) is 0 Å². The van der Waals surface area contributed by atoms with Crippen LogP contribution in [0.2, 0.25) is 0 Å². The van der Waals surface area contributed by atoms with Crippen molar-refractivity contribution in [3.05, 3.63) is 29.8 Å². The number of hydrogen-bond donors (Lipinski definition) is 2. The van der Waals surface area contributed by atoms with E-state index in [1.54, 1.807) is 0 Å². The first-order chi connectivity index (χ1) is 9.12. The summed E-state index contributed by atoms with van der Waals surface area (Å²) in [5.41, 5.74) is 6.17. The number of hydrogen-bond acceptors (Lipinski definition) is 3. The molecule has 2 rings (SSSR count). The van der Waals surface area contributed by atoms with E-state index >= 15 is 0 Å². The molecule has 1 aromatic rings. The summed E-state index contributed by atoms with van der Waals surface area (Å²) in [7, 11) is 0. The lowest BCUT2D eigenvalue weighted by molar-refractivity contribution is -0.126. The van der Waals surface area contributed by atoms with Gasteiger partial charge in [-0.3, -0.25) is 4.79 Å². The van der Waals surface area contributed by atoms with Crippen LogP contribution in [0, 0.1) is 6.92 Å². The number of benzene rings is 1. The summed E-state index contributed by atoms with van der Waals surface area (Å²) in [5, 5.41) is 3.27. The van der Waals surface area contributed by atoms with Crippen LogP contribution in [0.3, 0.4) is 0 Å². The number of nitrogens with two attached hydrogens (primary N) is 1. The van der Waals surface area contributed by atoms with Gasteiger partial charge in [0.15, 0.2) is 0 Å². The number of piperidine rings is 1. The molecular formula is C15H22N2O2. The third-order valence-corrected chi connectivity index (χ3v) is 3.78. The van der Waals surface area contributed by atoms with Gasteiger partial charge in [0.25, 0.3) is 0 Å². The molecule has 0 bridgehead atoms. The van der Waals surface area contributed by atoms with Crippen molar-refractivity contribution in [2.24, 2.45) is 5.73 Å². The lowest BCUT2D eigenvalue weighted by Crippen LogP contribution is -2.58. The molecule has 1 amide bonds. The summed E-state index contributed by atoms with van der Waals surface area (Å²) in [4.78, 5) is 11.7. The predicted molar refractivity (Wildman–Crippen MR) is 75.1 cm³/mol. The molecule has 1 aliphatic heterocycles. The smallest absolute Gasteiger partial charge is 0.237 e. The molecular weight excluding hydrogens is 240 g/mol. The Kier molecular flexibility index (Phi) is 4.43. The highest BCUT2D eigenvalue weighted by Crippen LogP contribution is 2.23. The Balaban J connectivity index is 1.89. The van der Waals surface area contributed by atoms with Crippen LogP contribution >= 0.6 is 0 Å². The number of ether oxygens (including phenoxy) is 1. The second kappa shape index (κ2) is 6.06. The van der Waals surface area contributed by atoms with Crippen LogP contribution in [0.1, 0.15) is 31.2 Å². The van der Waals surface area contributed by atoms with Gasteiger partial charge < -0.3 is 15.8 Å². The van der Waals surface area contributed by atoms with Crippen molar-refractivity contribution in [2.75, 3.05) is 13.2 Å². The number of nitrogens with one attached hydrogen (secondary N) is 1. The second-order valence-corrected chi connectivity index (χ2v) is 5.24. The highest BCUT2D eigenvalue weighted by Gasteiger charge is 2.37. The molecule has 1 unspecified atom stereocenters. The second-order valence-electron chi connectivity index (χ2n) is 5.24. The molecule has 1 fully saturated rings. The normalized spacial score (nSPS) is 23.0.